The molecule has 0 spiro atoms. The van der Waals surface area contributed by atoms with E-state index in [2.05, 4.69) is 9.97 Å². The number of nitrogens with one attached hydrogen (secondary N) is 1. The summed E-state index contributed by atoms with van der Waals surface area (Å²) in [5.74, 6) is -0.165. The molecule has 8 nitrogen and oxygen atoms in total. The quantitative estimate of drug-likeness (QED) is 0.638. The topological polar surface area (TPSA) is 106 Å². The number of nitrogens with zero attached hydrogens (tertiary/aromatic N) is 2. The van der Waals surface area contributed by atoms with E-state index in [1.54, 1.807) is 24.0 Å². The molecule has 1 aliphatic rings. The lowest BCUT2D eigenvalue weighted by molar-refractivity contribution is -0.155. The van der Waals surface area contributed by atoms with Crippen LogP contribution in [0, 0.1) is 19.8 Å². The smallest absolute Gasteiger partial charge is 0.309 e. The minimum absolute atomic E-state index is 0.170. The van der Waals surface area contributed by atoms with Crippen LogP contribution >= 0.6 is 11.3 Å². The van der Waals surface area contributed by atoms with Gasteiger partial charge >= 0.3 is 5.97 Å². The molecular weight excluding hydrogens is 406 g/mol. The molecule has 3 aromatic heterocycles. The van der Waals surface area contributed by atoms with Gasteiger partial charge in [0.2, 0.25) is 0 Å². The van der Waals surface area contributed by atoms with Gasteiger partial charge in [-0.3, -0.25) is 14.4 Å². The third-order valence-corrected chi connectivity index (χ3v) is 6.68. The highest BCUT2D eigenvalue weighted by Gasteiger charge is 2.31. The number of fused-ring (bicyclic) bond motifs is 1. The van der Waals surface area contributed by atoms with Crippen LogP contribution < -0.4 is 5.56 Å². The summed E-state index contributed by atoms with van der Waals surface area (Å²) in [6.07, 6.45) is 1.84. The van der Waals surface area contributed by atoms with E-state index in [1.807, 2.05) is 13.8 Å². The van der Waals surface area contributed by atoms with E-state index in [0.29, 0.717) is 47.7 Å². The third kappa shape index (κ3) is 3.77. The van der Waals surface area contributed by atoms with Crippen LogP contribution in [0.3, 0.4) is 0 Å². The molecule has 0 saturated carbocycles. The second-order valence-corrected chi connectivity index (χ2v) is 8.74. The lowest BCUT2D eigenvalue weighted by atomic mass is 9.97. The van der Waals surface area contributed by atoms with Crippen LogP contribution in [0.15, 0.2) is 27.6 Å². The normalized spacial score (nSPS) is 16.0. The number of carbonyl (C=O) groups excluding carboxylic acids is 2. The molecule has 4 heterocycles. The van der Waals surface area contributed by atoms with E-state index in [9.17, 15) is 14.4 Å². The summed E-state index contributed by atoms with van der Waals surface area (Å²) in [6.45, 7) is 6.47. The summed E-state index contributed by atoms with van der Waals surface area (Å²) in [5, 5.41) is 0.591. The number of carbonyl (C=O) groups is 2. The first-order chi connectivity index (χ1) is 14.3. The monoisotopic (exact) mass is 429 g/mol. The third-order valence-electron chi connectivity index (χ3n) is 5.58. The van der Waals surface area contributed by atoms with Crippen molar-refractivity contribution in [2.45, 2.75) is 39.7 Å². The number of aryl methyl sites for hydroxylation is 2. The number of aromatic nitrogens is 2. The van der Waals surface area contributed by atoms with E-state index >= 15 is 0 Å². The van der Waals surface area contributed by atoms with Crippen molar-refractivity contribution in [3.63, 3.8) is 0 Å². The summed E-state index contributed by atoms with van der Waals surface area (Å²) >= 11 is 1.46. The maximum absolute atomic E-state index is 12.6. The summed E-state index contributed by atoms with van der Waals surface area (Å²) in [4.78, 5) is 48.0. The van der Waals surface area contributed by atoms with Crippen LogP contribution in [-0.4, -0.2) is 39.8 Å². The van der Waals surface area contributed by atoms with Crippen molar-refractivity contribution in [1.29, 1.82) is 0 Å². The van der Waals surface area contributed by atoms with E-state index in [1.165, 1.54) is 17.6 Å². The number of likely N-dealkylation sites (tertiary alicyclic amines) is 1. The standard InChI is InChI=1S/C21H23N3O5S/c1-11-13(3)30-19-16(11)18(25)22-17(23-19)12(2)29-21(27)14-6-8-24(9-7-14)20(26)15-5-4-10-28-15/h4-5,10,12,14H,6-9H2,1-3H3,(H,22,23,25). The van der Waals surface area contributed by atoms with Crippen LogP contribution in [-0.2, 0) is 9.53 Å². The number of esters is 1. The number of thiophene rings is 1. The Bertz CT molecular complexity index is 1140. The molecule has 3 aromatic rings. The van der Waals surface area contributed by atoms with Gasteiger partial charge in [-0.1, -0.05) is 0 Å². The molecular formula is C21H23N3O5S. The molecule has 1 unspecified atom stereocenters. The number of piperidine rings is 1. The molecule has 4 rings (SSSR count). The van der Waals surface area contributed by atoms with E-state index < -0.39 is 6.10 Å². The van der Waals surface area contributed by atoms with Crippen molar-refractivity contribution >= 4 is 33.4 Å². The van der Waals surface area contributed by atoms with Crippen LogP contribution in [0.25, 0.3) is 10.2 Å². The molecule has 1 N–H and O–H groups in total. The molecule has 9 heteroatoms. The van der Waals surface area contributed by atoms with Gasteiger partial charge in [-0.15, -0.1) is 11.3 Å². The molecule has 0 radical (unpaired) electrons. The first kappa shape index (κ1) is 20.3. The second-order valence-electron chi connectivity index (χ2n) is 7.54. The van der Waals surface area contributed by atoms with Gasteiger partial charge in [0.15, 0.2) is 17.7 Å². The van der Waals surface area contributed by atoms with Gasteiger partial charge in [0.05, 0.1) is 17.6 Å². The number of rotatable bonds is 4. The van der Waals surface area contributed by atoms with Crippen molar-refractivity contribution in [1.82, 2.24) is 14.9 Å². The lowest BCUT2D eigenvalue weighted by Crippen LogP contribution is -2.40. The lowest BCUT2D eigenvalue weighted by Gasteiger charge is -2.30. The number of H-pyrrole nitrogens is 1. The minimum Gasteiger partial charge on any atom is -0.459 e. The fourth-order valence-electron chi connectivity index (χ4n) is 3.66. The van der Waals surface area contributed by atoms with Gasteiger partial charge in [0.1, 0.15) is 4.83 Å². The predicted molar refractivity (Wildman–Crippen MR) is 112 cm³/mol. The summed E-state index contributed by atoms with van der Waals surface area (Å²) < 4.78 is 10.8. The highest BCUT2D eigenvalue weighted by molar-refractivity contribution is 7.18. The van der Waals surface area contributed by atoms with E-state index in [4.69, 9.17) is 9.15 Å². The van der Waals surface area contributed by atoms with Crippen molar-refractivity contribution in [3.05, 3.63) is 50.8 Å². The number of ether oxygens (including phenoxy) is 1. The molecule has 1 saturated heterocycles. The van der Waals surface area contributed by atoms with Gasteiger partial charge < -0.3 is 19.0 Å². The van der Waals surface area contributed by atoms with Gasteiger partial charge in [0, 0.05) is 18.0 Å². The number of furan rings is 1. The van der Waals surface area contributed by atoms with E-state index in [-0.39, 0.29) is 23.4 Å². The molecule has 1 fully saturated rings. The maximum Gasteiger partial charge on any atom is 0.309 e. The van der Waals surface area contributed by atoms with Gasteiger partial charge in [-0.2, -0.15) is 0 Å². The highest BCUT2D eigenvalue weighted by atomic mass is 32.1. The Balaban J connectivity index is 1.39. The van der Waals surface area contributed by atoms with Crippen LogP contribution in [0.4, 0.5) is 0 Å². The summed E-state index contributed by atoms with van der Waals surface area (Å²) in [7, 11) is 0. The van der Waals surface area contributed by atoms with Crippen molar-refractivity contribution in [2.75, 3.05) is 13.1 Å². The molecule has 1 aliphatic heterocycles. The maximum atomic E-state index is 12.6. The number of aromatic amines is 1. The Kier molecular flexibility index (Phi) is 5.46. The molecule has 0 aromatic carbocycles. The first-order valence-electron chi connectivity index (χ1n) is 9.88. The van der Waals surface area contributed by atoms with Gasteiger partial charge in [-0.25, -0.2) is 4.98 Å². The Morgan fingerprint density at radius 2 is 2.07 bits per heavy atom. The Morgan fingerprint density at radius 3 is 2.73 bits per heavy atom. The average Bonchev–Trinajstić information content (AvgIpc) is 3.36. The van der Waals surface area contributed by atoms with Crippen LogP contribution in [0.1, 0.15) is 52.7 Å². The fraction of sp³-hybridized carbons (Fsp3) is 0.429. The molecule has 1 amide bonds. The van der Waals surface area contributed by atoms with Gasteiger partial charge in [-0.05, 0) is 51.3 Å². The van der Waals surface area contributed by atoms with E-state index in [0.717, 1.165) is 10.4 Å². The Labute approximate surface area is 176 Å². The largest absolute Gasteiger partial charge is 0.459 e. The fourth-order valence-corrected chi connectivity index (χ4v) is 4.70. The average molecular weight is 429 g/mol. The molecule has 30 heavy (non-hydrogen) atoms. The Hall–Kier alpha value is -2.94. The second kappa shape index (κ2) is 8.06. The summed E-state index contributed by atoms with van der Waals surface area (Å²) in [5.41, 5.74) is 0.709. The first-order valence-corrected chi connectivity index (χ1v) is 10.7. The molecule has 1 atom stereocenters. The minimum atomic E-state index is -0.667. The Morgan fingerprint density at radius 1 is 1.33 bits per heavy atom. The molecule has 158 valence electrons. The number of amides is 1. The van der Waals surface area contributed by atoms with Crippen LogP contribution in [0.5, 0.6) is 0 Å². The zero-order valence-electron chi connectivity index (χ0n) is 17.1. The number of hydrogen-bond acceptors (Lipinski definition) is 7. The zero-order chi connectivity index (χ0) is 21.4. The predicted octanol–water partition coefficient (Wildman–Crippen LogP) is 3.35. The molecule has 0 aliphatic carbocycles. The van der Waals surface area contributed by atoms with Crippen LogP contribution in [0.2, 0.25) is 0 Å². The zero-order valence-corrected chi connectivity index (χ0v) is 17.9. The SMILES string of the molecule is Cc1sc2nc(C(C)OC(=O)C3CCN(C(=O)c4ccco4)CC3)[nH]c(=O)c2c1C. The van der Waals surface area contributed by atoms with Crippen molar-refractivity contribution < 1.29 is 18.7 Å². The molecule has 0 bridgehead atoms. The summed E-state index contributed by atoms with van der Waals surface area (Å²) in [6, 6.07) is 3.30. The number of hydrogen-bond donors (Lipinski definition) is 1. The van der Waals surface area contributed by atoms with Gasteiger partial charge in [0.25, 0.3) is 11.5 Å². The van der Waals surface area contributed by atoms with Crippen molar-refractivity contribution in [3.8, 4) is 0 Å². The van der Waals surface area contributed by atoms with Crippen molar-refractivity contribution in [2.24, 2.45) is 5.92 Å². The highest BCUT2D eigenvalue weighted by Crippen LogP contribution is 2.28.